The lowest BCUT2D eigenvalue weighted by Gasteiger charge is -2.12. The van der Waals surface area contributed by atoms with Gasteiger partial charge >= 0.3 is 0 Å². The summed E-state index contributed by atoms with van der Waals surface area (Å²) in [5.41, 5.74) is 0. The van der Waals surface area contributed by atoms with Crippen molar-refractivity contribution in [3.8, 4) is 0 Å². The molecule has 0 rings (SSSR count). The van der Waals surface area contributed by atoms with E-state index in [1.54, 1.807) is 6.26 Å². The third-order valence-electron chi connectivity index (χ3n) is 1.65. The van der Waals surface area contributed by atoms with E-state index in [0.29, 0.717) is 6.04 Å². The average molecular weight is 175 g/mol. The van der Waals surface area contributed by atoms with Crippen LogP contribution in [0.25, 0.3) is 0 Å². The molecule has 0 fully saturated rings. The molecule has 1 N–H and O–H groups in total. The Labute approximate surface area is 71.5 Å². The van der Waals surface area contributed by atoms with Gasteiger partial charge in [0.05, 0.1) is 0 Å². The smallest absolute Gasteiger partial charge is 0.0441 e. The summed E-state index contributed by atoms with van der Waals surface area (Å²) < 4.78 is 10.9. The quantitative estimate of drug-likeness (QED) is 0.629. The van der Waals surface area contributed by atoms with Crippen molar-refractivity contribution in [3.63, 3.8) is 0 Å². The molecule has 0 aliphatic carbocycles. The lowest BCUT2D eigenvalue weighted by atomic mass is 10.3. The maximum absolute atomic E-state index is 10.9. The van der Waals surface area contributed by atoms with E-state index < -0.39 is 10.8 Å². The van der Waals surface area contributed by atoms with Gasteiger partial charge in [-0.1, -0.05) is 6.08 Å². The molecule has 66 valence electrons. The predicted octanol–water partition coefficient (Wildman–Crippen LogP) is 0.917. The number of rotatable bonds is 5. The molecule has 0 aromatic heterocycles. The molecule has 0 aliphatic heterocycles. The predicted molar refractivity (Wildman–Crippen MR) is 51.2 cm³/mol. The van der Waals surface area contributed by atoms with Gasteiger partial charge in [-0.15, -0.1) is 6.58 Å². The molecule has 0 aromatic rings. The van der Waals surface area contributed by atoms with E-state index >= 15 is 0 Å². The van der Waals surface area contributed by atoms with Crippen LogP contribution in [0.2, 0.25) is 0 Å². The summed E-state index contributed by atoms with van der Waals surface area (Å²) in [6.45, 7) is 8.43. The molecular formula is C8H17NOS. The fourth-order valence-corrected chi connectivity index (χ4v) is 0.883. The third-order valence-corrected chi connectivity index (χ3v) is 2.95. The molecule has 0 amide bonds. The van der Waals surface area contributed by atoms with Crippen molar-refractivity contribution in [2.75, 3.05) is 12.8 Å². The van der Waals surface area contributed by atoms with E-state index in [-0.39, 0.29) is 5.25 Å². The van der Waals surface area contributed by atoms with Gasteiger partial charge in [-0.3, -0.25) is 4.21 Å². The molecule has 11 heavy (non-hydrogen) atoms. The van der Waals surface area contributed by atoms with Crippen molar-refractivity contribution in [1.29, 1.82) is 0 Å². The molecule has 3 atom stereocenters. The minimum absolute atomic E-state index is 0.220. The highest BCUT2D eigenvalue weighted by atomic mass is 32.2. The van der Waals surface area contributed by atoms with Gasteiger partial charge in [-0.2, -0.15) is 0 Å². The zero-order valence-corrected chi connectivity index (χ0v) is 8.28. The Bertz CT molecular complexity index is 147. The van der Waals surface area contributed by atoms with Crippen LogP contribution in [0.4, 0.5) is 0 Å². The highest BCUT2D eigenvalue weighted by molar-refractivity contribution is 7.84. The van der Waals surface area contributed by atoms with Crippen molar-refractivity contribution in [3.05, 3.63) is 12.7 Å². The van der Waals surface area contributed by atoms with Crippen molar-refractivity contribution < 1.29 is 4.21 Å². The summed E-state index contributed by atoms with van der Waals surface area (Å²) in [5.74, 6) is 0. The monoisotopic (exact) mass is 175 g/mol. The van der Waals surface area contributed by atoms with Gasteiger partial charge in [0.15, 0.2) is 0 Å². The van der Waals surface area contributed by atoms with Crippen LogP contribution in [0.15, 0.2) is 12.7 Å². The standard InChI is InChI=1S/C8H17NOS/c1-5-7(2)9-6-8(3)11(4)10/h5,7-9H,1,6H2,2-4H3. The van der Waals surface area contributed by atoms with Gasteiger partial charge in [0, 0.05) is 34.9 Å². The van der Waals surface area contributed by atoms with E-state index in [2.05, 4.69) is 11.9 Å². The normalized spacial score (nSPS) is 18.8. The fourth-order valence-electron chi connectivity index (χ4n) is 0.553. The Morgan fingerprint density at radius 2 is 2.18 bits per heavy atom. The fraction of sp³-hybridized carbons (Fsp3) is 0.750. The molecule has 0 spiro atoms. The van der Waals surface area contributed by atoms with Gasteiger partial charge in [0.25, 0.3) is 0 Å². The average Bonchev–Trinajstić information content (AvgIpc) is 1.99. The summed E-state index contributed by atoms with van der Waals surface area (Å²) in [4.78, 5) is 0. The van der Waals surface area contributed by atoms with Gasteiger partial charge in [0.2, 0.25) is 0 Å². The van der Waals surface area contributed by atoms with Crippen LogP contribution in [-0.4, -0.2) is 28.3 Å². The maximum atomic E-state index is 10.9. The van der Waals surface area contributed by atoms with Gasteiger partial charge in [-0.05, 0) is 13.8 Å². The SMILES string of the molecule is C=CC(C)NCC(C)S(C)=O. The number of nitrogens with one attached hydrogen (secondary N) is 1. The first kappa shape index (κ1) is 10.8. The van der Waals surface area contributed by atoms with Crippen LogP contribution in [-0.2, 0) is 10.8 Å². The van der Waals surface area contributed by atoms with Crippen LogP contribution < -0.4 is 5.32 Å². The Balaban J connectivity index is 3.53. The first-order chi connectivity index (χ1) is 5.07. The number of hydrogen-bond donors (Lipinski definition) is 1. The van der Waals surface area contributed by atoms with Gasteiger partial charge in [0.1, 0.15) is 0 Å². The highest BCUT2D eigenvalue weighted by Gasteiger charge is 2.05. The summed E-state index contributed by atoms with van der Waals surface area (Å²) in [5, 5.41) is 3.42. The molecule has 3 unspecified atom stereocenters. The molecule has 0 saturated carbocycles. The van der Waals surface area contributed by atoms with E-state index in [1.165, 1.54) is 0 Å². The zero-order chi connectivity index (χ0) is 8.85. The lowest BCUT2D eigenvalue weighted by molar-refractivity contribution is 0.616. The Morgan fingerprint density at radius 3 is 2.55 bits per heavy atom. The van der Waals surface area contributed by atoms with Crippen LogP contribution in [0.1, 0.15) is 13.8 Å². The summed E-state index contributed by atoms with van der Waals surface area (Å²) >= 11 is 0. The molecule has 3 heteroatoms. The van der Waals surface area contributed by atoms with E-state index in [9.17, 15) is 4.21 Å². The molecule has 0 bridgehead atoms. The Kier molecular flexibility index (Phi) is 5.42. The minimum atomic E-state index is -0.726. The molecule has 0 aliphatic rings. The lowest BCUT2D eigenvalue weighted by Crippen LogP contribution is -2.32. The number of hydrogen-bond acceptors (Lipinski definition) is 2. The van der Waals surface area contributed by atoms with Crippen molar-refractivity contribution in [2.24, 2.45) is 0 Å². The van der Waals surface area contributed by atoms with E-state index in [0.717, 1.165) is 6.54 Å². The summed E-state index contributed by atoms with van der Waals surface area (Å²) in [7, 11) is -0.726. The summed E-state index contributed by atoms with van der Waals surface area (Å²) in [6.07, 6.45) is 3.57. The molecule has 0 radical (unpaired) electrons. The Morgan fingerprint density at radius 1 is 1.64 bits per heavy atom. The second-order valence-electron chi connectivity index (χ2n) is 2.74. The molecule has 0 heterocycles. The first-order valence-electron chi connectivity index (χ1n) is 3.76. The first-order valence-corrected chi connectivity index (χ1v) is 5.38. The highest BCUT2D eigenvalue weighted by Crippen LogP contribution is 1.91. The van der Waals surface area contributed by atoms with Crippen molar-refractivity contribution in [2.45, 2.75) is 25.1 Å². The topological polar surface area (TPSA) is 29.1 Å². The van der Waals surface area contributed by atoms with Gasteiger partial charge in [-0.25, -0.2) is 0 Å². The van der Waals surface area contributed by atoms with Crippen LogP contribution in [0.3, 0.4) is 0 Å². The Hall–Kier alpha value is -0.150. The molecule has 0 saturated heterocycles. The van der Waals surface area contributed by atoms with Crippen LogP contribution in [0, 0.1) is 0 Å². The van der Waals surface area contributed by atoms with E-state index in [1.807, 2.05) is 19.9 Å². The summed E-state index contributed by atoms with van der Waals surface area (Å²) in [6, 6.07) is 0.306. The minimum Gasteiger partial charge on any atom is -0.310 e. The molecule has 0 aromatic carbocycles. The van der Waals surface area contributed by atoms with Gasteiger partial charge < -0.3 is 5.32 Å². The van der Waals surface area contributed by atoms with Crippen molar-refractivity contribution in [1.82, 2.24) is 5.32 Å². The largest absolute Gasteiger partial charge is 0.310 e. The molecular weight excluding hydrogens is 158 g/mol. The molecule has 2 nitrogen and oxygen atoms in total. The third kappa shape index (κ3) is 5.16. The van der Waals surface area contributed by atoms with Crippen LogP contribution in [0.5, 0.6) is 0 Å². The van der Waals surface area contributed by atoms with Crippen molar-refractivity contribution >= 4 is 10.8 Å². The maximum Gasteiger partial charge on any atom is 0.0441 e. The second-order valence-corrected chi connectivity index (χ2v) is 4.54. The van der Waals surface area contributed by atoms with Crippen LogP contribution >= 0.6 is 0 Å². The zero-order valence-electron chi connectivity index (χ0n) is 7.46. The van der Waals surface area contributed by atoms with E-state index in [4.69, 9.17) is 0 Å². The second kappa shape index (κ2) is 5.49.